The molecule has 0 bridgehead atoms. The molecule has 1 saturated carbocycles. The molecule has 0 atom stereocenters. The average molecular weight is 243 g/mol. The maximum absolute atomic E-state index is 13.1. The Hall–Kier alpha value is -1.00. The van der Waals surface area contributed by atoms with Crippen molar-refractivity contribution < 1.29 is 8.78 Å². The molecule has 1 aromatic rings. The lowest BCUT2D eigenvalue weighted by Gasteiger charge is -2.28. The van der Waals surface area contributed by atoms with Crippen LogP contribution in [0.15, 0.2) is 6.33 Å². The highest BCUT2D eigenvalue weighted by atomic mass is 19.3. The standard InChI is InChI=1S/C12H19F2N3/c1-9(2)7-17-8-15-16-11(17)10-3-5-12(13,14)6-4-10/h8-10H,3-7H2,1-2H3. The van der Waals surface area contributed by atoms with Gasteiger partial charge in [0.2, 0.25) is 5.92 Å². The minimum absolute atomic E-state index is 0.0216. The van der Waals surface area contributed by atoms with Crippen LogP contribution in [0, 0.1) is 5.92 Å². The third-order valence-electron chi connectivity index (χ3n) is 3.29. The highest BCUT2D eigenvalue weighted by molar-refractivity contribution is 5.00. The van der Waals surface area contributed by atoms with E-state index in [2.05, 4.69) is 24.0 Å². The van der Waals surface area contributed by atoms with Crippen molar-refractivity contribution in [3.8, 4) is 0 Å². The molecule has 0 radical (unpaired) electrons. The summed E-state index contributed by atoms with van der Waals surface area (Å²) in [5.41, 5.74) is 0. The van der Waals surface area contributed by atoms with Crippen molar-refractivity contribution in [2.24, 2.45) is 5.92 Å². The summed E-state index contributed by atoms with van der Waals surface area (Å²) in [7, 11) is 0. The third-order valence-corrected chi connectivity index (χ3v) is 3.29. The Kier molecular flexibility index (Phi) is 3.45. The number of alkyl halides is 2. The van der Waals surface area contributed by atoms with Crippen LogP contribution in [0.2, 0.25) is 0 Å². The number of nitrogens with zero attached hydrogens (tertiary/aromatic N) is 3. The van der Waals surface area contributed by atoms with E-state index in [9.17, 15) is 8.78 Å². The van der Waals surface area contributed by atoms with Gasteiger partial charge in [-0.1, -0.05) is 13.8 Å². The van der Waals surface area contributed by atoms with Crippen LogP contribution in [0.1, 0.15) is 51.3 Å². The summed E-state index contributed by atoms with van der Waals surface area (Å²) >= 11 is 0. The van der Waals surface area contributed by atoms with Crippen molar-refractivity contribution in [1.82, 2.24) is 14.8 Å². The topological polar surface area (TPSA) is 30.7 Å². The molecule has 2 rings (SSSR count). The van der Waals surface area contributed by atoms with Crippen LogP contribution in [0.3, 0.4) is 0 Å². The fourth-order valence-electron chi connectivity index (χ4n) is 2.41. The minimum atomic E-state index is -2.47. The molecule has 5 heteroatoms. The average Bonchev–Trinajstić information content (AvgIpc) is 2.65. The molecule has 1 aromatic heterocycles. The molecule has 1 aliphatic rings. The summed E-state index contributed by atoms with van der Waals surface area (Å²) in [6.07, 6.45) is 2.70. The van der Waals surface area contributed by atoms with Crippen LogP contribution in [-0.2, 0) is 6.54 Å². The molecule has 0 saturated heterocycles. The van der Waals surface area contributed by atoms with Gasteiger partial charge in [0.05, 0.1) is 0 Å². The van der Waals surface area contributed by atoms with Gasteiger partial charge in [0.15, 0.2) is 0 Å². The molecule has 17 heavy (non-hydrogen) atoms. The van der Waals surface area contributed by atoms with Gasteiger partial charge in [-0.15, -0.1) is 10.2 Å². The molecular formula is C12H19F2N3. The van der Waals surface area contributed by atoms with Gasteiger partial charge in [-0.2, -0.15) is 0 Å². The first-order valence-corrected chi connectivity index (χ1v) is 6.23. The molecule has 1 heterocycles. The van der Waals surface area contributed by atoms with Crippen LogP contribution in [0.4, 0.5) is 8.78 Å². The number of aromatic nitrogens is 3. The highest BCUT2D eigenvalue weighted by Gasteiger charge is 2.36. The maximum atomic E-state index is 13.1. The number of rotatable bonds is 3. The van der Waals surface area contributed by atoms with Gasteiger partial charge >= 0.3 is 0 Å². The molecule has 96 valence electrons. The Morgan fingerprint density at radius 2 is 2.06 bits per heavy atom. The minimum Gasteiger partial charge on any atom is -0.317 e. The van der Waals surface area contributed by atoms with Gasteiger partial charge in [0.25, 0.3) is 0 Å². The Bertz CT molecular complexity index is 364. The van der Waals surface area contributed by atoms with E-state index in [1.165, 1.54) is 0 Å². The summed E-state index contributed by atoms with van der Waals surface area (Å²) in [6.45, 7) is 5.10. The van der Waals surface area contributed by atoms with Crippen molar-refractivity contribution in [1.29, 1.82) is 0 Å². The third kappa shape index (κ3) is 3.01. The van der Waals surface area contributed by atoms with E-state index in [1.54, 1.807) is 6.33 Å². The Morgan fingerprint density at radius 3 is 2.65 bits per heavy atom. The van der Waals surface area contributed by atoms with Gasteiger partial charge < -0.3 is 4.57 Å². The lowest BCUT2D eigenvalue weighted by Crippen LogP contribution is -2.25. The first kappa shape index (κ1) is 12.5. The molecule has 0 aromatic carbocycles. The Balaban J connectivity index is 2.05. The number of hydrogen-bond donors (Lipinski definition) is 0. The molecule has 0 N–H and O–H groups in total. The van der Waals surface area contributed by atoms with E-state index < -0.39 is 5.92 Å². The second-order valence-electron chi connectivity index (χ2n) is 5.37. The number of halogens is 2. The molecule has 1 aliphatic carbocycles. The van der Waals surface area contributed by atoms with Crippen molar-refractivity contribution in [3.05, 3.63) is 12.2 Å². The first-order chi connectivity index (χ1) is 7.98. The zero-order chi connectivity index (χ0) is 12.5. The summed E-state index contributed by atoms with van der Waals surface area (Å²) in [5.74, 6) is -0.931. The van der Waals surface area contributed by atoms with Crippen LogP contribution in [-0.4, -0.2) is 20.7 Å². The fraction of sp³-hybridized carbons (Fsp3) is 0.833. The Labute approximate surface area is 100 Å². The quantitative estimate of drug-likeness (QED) is 0.816. The van der Waals surface area contributed by atoms with Crippen LogP contribution >= 0.6 is 0 Å². The van der Waals surface area contributed by atoms with E-state index in [4.69, 9.17) is 0 Å². The molecule has 0 amide bonds. The fourth-order valence-corrected chi connectivity index (χ4v) is 2.41. The van der Waals surface area contributed by atoms with E-state index in [1.807, 2.05) is 4.57 Å². The van der Waals surface area contributed by atoms with Crippen molar-refractivity contribution >= 4 is 0 Å². The summed E-state index contributed by atoms with van der Waals surface area (Å²) < 4.78 is 28.2. The summed E-state index contributed by atoms with van der Waals surface area (Å²) in [5, 5.41) is 8.02. The normalized spacial score (nSPS) is 21.0. The second kappa shape index (κ2) is 4.70. The predicted molar refractivity (Wildman–Crippen MR) is 61.0 cm³/mol. The van der Waals surface area contributed by atoms with E-state index >= 15 is 0 Å². The SMILES string of the molecule is CC(C)Cn1cnnc1C1CCC(F)(F)CC1. The van der Waals surface area contributed by atoms with Crippen molar-refractivity contribution in [2.75, 3.05) is 0 Å². The van der Waals surface area contributed by atoms with Crippen LogP contribution < -0.4 is 0 Å². The molecule has 0 aliphatic heterocycles. The van der Waals surface area contributed by atoms with E-state index in [0.717, 1.165) is 12.4 Å². The molecule has 0 spiro atoms. The van der Waals surface area contributed by atoms with Gasteiger partial charge in [0, 0.05) is 25.3 Å². The molecular weight excluding hydrogens is 224 g/mol. The van der Waals surface area contributed by atoms with Gasteiger partial charge in [-0.05, 0) is 18.8 Å². The molecule has 0 unspecified atom stereocenters. The smallest absolute Gasteiger partial charge is 0.248 e. The van der Waals surface area contributed by atoms with E-state index in [0.29, 0.717) is 18.8 Å². The van der Waals surface area contributed by atoms with Crippen LogP contribution in [0.5, 0.6) is 0 Å². The summed E-state index contributed by atoms with van der Waals surface area (Å²) in [4.78, 5) is 0. The van der Waals surface area contributed by atoms with Gasteiger partial charge in [-0.3, -0.25) is 0 Å². The largest absolute Gasteiger partial charge is 0.317 e. The molecule has 3 nitrogen and oxygen atoms in total. The monoisotopic (exact) mass is 243 g/mol. The van der Waals surface area contributed by atoms with Gasteiger partial charge in [0.1, 0.15) is 12.2 Å². The van der Waals surface area contributed by atoms with Crippen molar-refractivity contribution in [3.63, 3.8) is 0 Å². The lowest BCUT2D eigenvalue weighted by molar-refractivity contribution is -0.0390. The zero-order valence-electron chi connectivity index (χ0n) is 10.4. The van der Waals surface area contributed by atoms with Gasteiger partial charge in [-0.25, -0.2) is 8.78 Å². The molecule has 1 fully saturated rings. The number of hydrogen-bond acceptors (Lipinski definition) is 2. The zero-order valence-corrected chi connectivity index (χ0v) is 10.4. The lowest BCUT2D eigenvalue weighted by atomic mass is 9.86. The highest BCUT2D eigenvalue weighted by Crippen LogP contribution is 2.40. The Morgan fingerprint density at radius 1 is 1.41 bits per heavy atom. The maximum Gasteiger partial charge on any atom is 0.248 e. The second-order valence-corrected chi connectivity index (χ2v) is 5.37. The van der Waals surface area contributed by atoms with Crippen molar-refractivity contribution in [2.45, 2.75) is 57.9 Å². The van der Waals surface area contributed by atoms with E-state index in [-0.39, 0.29) is 18.8 Å². The predicted octanol–water partition coefficient (Wildman–Crippen LogP) is 3.23. The first-order valence-electron chi connectivity index (χ1n) is 6.23. The van der Waals surface area contributed by atoms with Crippen LogP contribution in [0.25, 0.3) is 0 Å². The summed E-state index contributed by atoms with van der Waals surface area (Å²) in [6, 6.07) is 0.